The van der Waals surface area contributed by atoms with Gasteiger partial charge in [-0.25, -0.2) is 4.39 Å². The highest BCUT2D eigenvalue weighted by Gasteiger charge is 2.31. The largest absolute Gasteiger partial charge is 0.495 e. The van der Waals surface area contributed by atoms with Crippen molar-refractivity contribution in [3.8, 4) is 17.6 Å². The predicted octanol–water partition coefficient (Wildman–Crippen LogP) is 4.34. The molecule has 39 heavy (non-hydrogen) atoms. The van der Waals surface area contributed by atoms with Crippen molar-refractivity contribution in [2.75, 3.05) is 51.5 Å². The zero-order chi connectivity index (χ0) is 28.2. The van der Waals surface area contributed by atoms with E-state index in [4.69, 9.17) is 4.74 Å². The minimum Gasteiger partial charge on any atom is -0.495 e. The molecule has 11 heteroatoms. The molecule has 2 heterocycles. The Bertz CT molecular complexity index is 1350. The average molecular weight is 548 g/mol. The maximum atomic E-state index is 14.7. The van der Waals surface area contributed by atoms with E-state index in [1.807, 2.05) is 11.9 Å². The summed E-state index contributed by atoms with van der Waals surface area (Å²) in [5, 5.41) is 19.6. The number of hydrogen-bond acceptors (Lipinski definition) is 6. The lowest BCUT2D eigenvalue weighted by Crippen LogP contribution is -2.46. The van der Waals surface area contributed by atoms with Crippen LogP contribution in [0.1, 0.15) is 23.9 Å². The first kappa shape index (κ1) is 28.5. The van der Waals surface area contributed by atoms with E-state index in [9.17, 15) is 22.7 Å². The fraction of sp³-hybridized carbons (Fsp3) is 0.429. The fourth-order valence-corrected chi connectivity index (χ4v) is 4.75. The second kappa shape index (κ2) is 12.2. The summed E-state index contributed by atoms with van der Waals surface area (Å²) in [4.78, 5) is 1.92. The number of alkyl halides is 4. The zero-order valence-electron chi connectivity index (χ0n) is 22.1. The summed E-state index contributed by atoms with van der Waals surface area (Å²) in [5.74, 6) is 6.26. The van der Waals surface area contributed by atoms with Gasteiger partial charge in [0.25, 0.3) is 0 Å². The van der Waals surface area contributed by atoms with Crippen molar-refractivity contribution < 1.29 is 27.4 Å². The van der Waals surface area contributed by atoms with Crippen molar-refractivity contribution in [3.05, 3.63) is 53.7 Å². The van der Waals surface area contributed by atoms with Crippen molar-refractivity contribution >= 4 is 22.3 Å². The molecule has 2 aromatic carbocycles. The minimum absolute atomic E-state index is 0.141. The summed E-state index contributed by atoms with van der Waals surface area (Å²) < 4.78 is 61.7. The third-order valence-electron chi connectivity index (χ3n) is 6.77. The summed E-state index contributed by atoms with van der Waals surface area (Å²) in [7, 11) is 4.99. The molecule has 1 aromatic heterocycles. The highest BCUT2D eigenvalue weighted by atomic mass is 19.4. The van der Waals surface area contributed by atoms with Crippen LogP contribution in [0.3, 0.4) is 0 Å². The van der Waals surface area contributed by atoms with E-state index in [-0.39, 0.29) is 12.2 Å². The third-order valence-corrected chi connectivity index (χ3v) is 6.77. The van der Waals surface area contributed by atoms with Crippen molar-refractivity contribution in [1.29, 1.82) is 0 Å². The van der Waals surface area contributed by atoms with Crippen LogP contribution in [0.4, 0.5) is 28.9 Å². The number of benzene rings is 2. The van der Waals surface area contributed by atoms with Gasteiger partial charge in [-0.2, -0.15) is 13.2 Å². The number of halogens is 4. The standard InChI is InChI=1S/C28H33F4N5O2/c1-33-27(38)18-9-10-24(26(14-18)39-3)34-12-5-6-19-15-20-22(35-23-11-13-36(2)16-21(23)29)7-4-8-25(20)37(19)17-28(30,31)32/h4,7-10,14-15,21,23,27,33-35,38H,11-13,16-17H2,1-3H3/t21-,23+,27?/m0/s1. The summed E-state index contributed by atoms with van der Waals surface area (Å²) in [6.45, 7) is -0.0189. The number of aliphatic hydroxyl groups is 1. The van der Waals surface area contributed by atoms with Gasteiger partial charge in [0.15, 0.2) is 0 Å². The van der Waals surface area contributed by atoms with Gasteiger partial charge < -0.3 is 29.9 Å². The van der Waals surface area contributed by atoms with E-state index in [2.05, 4.69) is 27.8 Å². The first-order valence-electron chi connectivity index (χ1n) is 12.6. The Kier molecular flexibility index (Phi) is 8.90. The smallest absolute Gasteiger partial charge is 0.406 e. The van der Waals surface area contributed by atoms with Gasteiger partial charge >= 0.3 is 6.18 Å². The number of fused-ring (bicyclic) bond motifs is 1. The molecule has 1 saturated heterocycles. The maximum absolute atomic E-state index is 14.7. The Morgan fingerprint density at radius 3 is 2.67 bits per heavy atom. The molecule has 4 rings (SSSR count). The van der Waals surface area contributed by atoms with Gasteiger partial charge in [0.1, 0.15) is 24.7 Å². The number of anilines is 2. The van der Waals surface area contributed by atoms with Crippen LogP contribution < -0.4 is 20.7 Å². The van der Waals surface area contributed by atoms with E-state index >= 15 is 0 Å². The number of aliphatic hydroxyl groups excluding tert-OH is 1. The summed E-state index contributed by atoms with van der Waals surface area (Å²) in [6.07, 6.45) is -5.80. The first-order valence-corrected chi connectivity index (χ1v) is 12.6. The second-order valence-electron chi connectivity index (χ2n) is 9.59. The predicted molar refractivity (Wildman–Crippen MR) is 145 cm³/mol. The van der Waals surface area contributed by atoms with Crippen LogP contribution >= 0.6 is 0 Å². The van der Waals surface area contributed by atoms with Gasteiger partial charge in [-0.05, 0) is 62.3 Å². The molecule has 0 aliphatic carbocycles. The van der Waals surface area contributed by atoms with Gasteiger partial charge in [0.2, 0.25) is 0 Å². The van der Waals surface area contributed by atoms with Crippen LogP contribution in [-0.2, 0) is 6.54 Å². The Balaban J connectivity index is 1.59. The van der Waals surface area contributed by atoms with E-state index < -0.39 is 31.2 Å². The van der Waals surface area contributed by atoms with Gasteiger partial charge in [-0.1, -0.05) is 18.1 Å². The molecule has 210 valence electrons. The number of likely N-dealkylation sites (tertiary alicyclic amines) is 1. The molecule has 0 spiro atoms. The topological polar surface area (TPSA) is 73.7 Å². The molecule has 1 aliphatic rings. The molecular weight excluding hydrogens is 514 g/mol. The van der Waals surface area contributed by atoms with Gasteiger partial charge in [-0.3, -0.25) is 5.32 Å². The normalized spacial score (nSPS) is 18.9. The maximum Gasteiger partial charge on any atom is 0.406 e. The van der Waals surface area contributed by atoms with Gasteiger partial charge in [-0.15, -0.1) is 0 Å². The summed E-state index contributed by atoms with van der Waals surface area (Å²) in [6, 6.07) is 11.4. The van der Waals surface area contributed by atoms with Crippen LogP contribution in [0.25, 0.3) is 10.9 Å². The molecule has 0 saturated carbocycles. The number of hydrogen-bond donors (Lipinski definition) is 4. The monoisotopic (exact) mass is 547 g/mol. The van der Waals surface area contributed by atoms with Crippen LogP contribution in [0.15, 0.2) is 42.5 Å². The van der Waals surface area contributed by atoms with E-state index in [1.165, 1.54) is 7.11 Å². The summed E-state index contributed by atoms with van der Waals surface area (Å²) in [5.41, 5.74) is 2.41. The minimum atomic E-state index is -4.45. The number of aromatic nitrogens is 1. The Labute approximate surface area is 225 Å². The molecular formula is C28H33F4N5O2. The molecule has 4 N–H and O–H groups in total. The fourth-order valence-electron chi connectivity index (χ4n) is 4.75. The highest BCUT2D eigenvalue weighted by molar-refractivity contribution is 5.94. The van der Waals surface area contributed by atoms with Gasteiger partial charge in [0.05, 0.1) is 36.6 Å². The molecule has 1 unspecified atom stereocenters. The number of rotatable bonds is 8. The number of ether oxygens (including phenoxy) is 1. The Hall–Kier alpha value is -3.46. The molecule has 3 aromatic rings. The molecule has 7 nitrogen and oxygen atoms in total. The molecule has 0 amide bonds. The number of nitrogens with zero attached hydrogens (tertiary/aromatic N) is 2. The lowest BCUT2D eigenvalue weighted by molar-refractivity contribution is -0.140. The van der Waals surface area contributed by atoms with Crippen molar-refractivity contribution in [1.82, 2.24) is 14.8 Å². The van der Waals surface area contributed by atoms with Crippen LogP contribution in [0.2, 0.25) is 0 Å². The molecule has 0 bridgehead atoms. The Morgan fingerprint density at radius 1 is 1.18 bits per heavy atom. The number of piperidine rings is 1. The molecule has 1 fully saturated rings. The quantitative estimate of drug-likeness (QED) is 0.191. The average Bonchev–Trinajstić information content (AvgIpc) is 3.24. The first-order chi connectivity index (χ1) is 18.6. The summed E-state index contributed by atoms with van der Waals surface area (Å²) >= 11 is 0. The van der Waals surface area contributed by atoms with E-state index in [0.29, 0.717) is 46.6 Å². The SMILES string of the molecule is CNC(O)c1ccc(NCC#Cc2cc3c(N[C@@H]4CCN(C)C[C@@H]4F)cccc3n2CC(F)(F)F)c(OC)c1. The lowest BCUT2D eigenvalue weighted by atomic mass is 10.0. The van der Waals surface area contributed by atoms with Crippen molar-refractivity contribution in [3.63, 3.8) is 0 Å². The Morgan fingerprint density at radius 2 is 1.97 bits per heavy atom. The van der Waals surface area contributed by atoms with Crippen LogP contribution in [0.5, 0.6) is 5.75 Å². The van der Waals surface area contributed by atoms with Crippen LogP contribution in [-0.4, -0.2) is 73.8 Å². The van der Waals surface area contributed by atoms with Crippen molar-refractivity contribution in [2.45, 2.75) is 37.6 Å². The van der Waals surface area contributed by atoms with E-state index in [0.717, 1.165) is 11.1 Å². The van der Waals surface area contributed by atoms with E-state index in [1.54, 1.807) is 49.5 Å². The molecule has 3 atom stereocenters. The third kappa shape index (κ3) is 6.95. The van der Waals surface area contributed by atoms with Crippen molar-refractivity contribution in [2.24, 2.45) is 0 Å². The second-order valence-corrected chi connectivity index (χ2v) is 9.59. The lowest BCUT2D eigenvalue weighted by Gasteiger charge is -2.33. The molecule has 0 radical (unpaired) electrons. The van der Waals surface area contributed by atoms with Gasteiger partial charge in [0, 0.05) is 24.2 Å². The number of nitrogens with one attached hydrogen (secondary N) is 3. The number of methoxy groups -OCH3 is 1. The highest BCUT2D eigenvalue weighted by Crippen LogP contribution is 2.32. The zero-order valence-corrected chi connectivity index (χ0v) is 22.1. The molecule has 1 aliphatic heterocycles. The van der Waals surface area contributed by atoms with Crippen LogP contribution in [0, 0.1) is 11.8 Å².